The van der Waals surface area contributed by atoms with E-state index in [1.165, 1.54) is 7.11 Å². The second kappa shape index (κ2) is 9.35. The SMILES string of the molecule is CN=C(NCc1noc(C(C)(C)C)n1)N1CCC(C(=O)OC)CC1.I. The van der Waals surface area contributed by atoms with Gasteiger partial charge in [-0.3, -0.25) is 9.79 Å². The van der Waals surface area contributed by atoms with E-state index >= 15 is 0 Å². The number of likely N-dealkylation sites (tertiary alicyclic amines) is 1. The summed E-state index contributed by atoms with van der Waals surface area (Å²) in [5, 5.41) is 7.25. The van der Waals surface area contributed by atoms with E-state index in [0.29, 0.717) is 18.3 Å². The molecule has 0 saturated carbocycles. The van der Waals surface area contributed by atoms with E-state index < -0.39 is 0 Å². The molecule has 0 atom stereocenters. The summed E-state index contributed by atoms with van der Waals surface area (Å²) in [6.45, 7) is 8.06. The van der Waals surface area contributed by atoms with Crippen LogP contribution in [0.2, 0.25) is 0 Å². The number of ether oxygens (including phenoxy) is 1. The number of nitrogens with one attached hydrogen (secondary N) is 1. The zero-order valence-corrected chi connectivity index (χ0v) is 17.9. The minimum absolute atomic E-state index is 0. The van der Waals surface area contributed by atoms with Gasteiger partial charge < -0.3 is 19.5 Å². The van der Waals surface area contributed by atoms with E-state index in [1.54, 1.807) is 7.05 Å². The maximum Gasteiger partial charge on any atom is 0.308 e. The summed E-state index contributed by atoms with van der Waals surface area (Å²) in [4.78, 5) is 22.4. The van der Waals surface area contributed by atoms with Crippen molar-refractivity contribution in [2.75, 3.05) is 27.2 Å². The molecule has 0 aromatic carbocycles. The van der Waals surface area contributed by atoms with Crippen LogP contribution in [0.5, 0.6) is 0 Å². The van der Waals surface area contributed by atoms with Gasteiger partial charge in [-0.1, -0.05) is 25.9 Å². The lowest BCUT2D eigenvalue weighted by atomic mass is 9.97. The third-order valence-electron chi connectivity index (χ3n) is 4.06. The molecular formula is C16H28IN5O3. The molecule has 1 fully saturated rings. The Hall–Kier alpha value is -1.39. The van der Waals surface area contributed by atoms with E-state index in [-0.39, 0.29) is 41.3 Å². The smallest absolute Gasteiger partial charge is 0.308 e. The molecule has 8 nitrogen and oxygen atoms in total. The first-order chi connectivity index (χ1) is 11.3. The van der Waals surface area contributed by atoms with Crippen LogP contribution >= 0.6 is 24.0 Å². The van der Waals surface area contributed by atoms with Crippen molar-refractivity contribution >= 4 is 35.9 Å². The number of piperidine rings is 1. The van der Waals surface area contributed by atoms with Crippen molar-refractivity contribution in [2.45, 2.75) is 45.6 Å². The van der Waals surface area contributed by atoms with Gasteiger partial charge in [0, 0.05) is 25.6 Å². The maximum absolute atomic E-state index is 11.6. The van der Waals surface area contributed by atoms with Crippen LogP contribution in [0.1, 0.15) is 45.3 Å². The zero-order valence-electron chi connectivity index (χ0n) is 15.5. The number of halogens is 1. The topological polar surface area (TPSA) is 92.9 Å². The first-order valence-corrected chi connectivity index (χ1v) is 8.21. The highest BCUT2D eigenvalue weighted by Crippen LogP contribution is 2.20. The number of carbonyl (C=O) groups is 1. The van der Waals surface area contributed by atoms with Gasteiger partial charge in [0.1, 0.15) is 0 Å². The van der Waals surface area contributed by atoms with Crippen molar-refractivity contribution in [2.24, 2.45) is 10.9 Å². The number of carbonyl (C=O) groups excluding carboxylic acids is 1. The highest BCUT2D eigenvalue weighted by atomic mass is 127. The Kier molecular flexibility index (Phi) is 8.10. The summed E-state index contributed by atoms with van der Waals surface area (Å²) in [5.41, 5.74) is -0.164. The summed E-state index contributed by atoms with van der Waals surface area (Å²) < 4.78 is 10.1. The molecule has 0 unspecified atom stereocenters. The van der Waals surface area contributed by atoms with Gasteiger partial charge in [-0.05, 0) is 12.8 Å². The van der Waals surface area contributed by atoms with E-state index in [0.717, 1.165) is 31.9 Å². The van der Waals surface area contributed by atoms with E-state index in [4.69, 9.17) is 9.26 Å². The van der Waals surface area contributed by atoms with E-state index in [9.17, 15) is 4.79 Å². The zero-order chi connectivity index (χ0) is 17.7. The van der Waals surface area contributed by atoms with Gasteiger partial charge in [0.2, 0.25) is 5.89 Å². The Balaban J connectivity index is 0.00000312. The van der Waals surface area contributed by atoms with Crippen LogP contribution in [-0.2, 0) is 21.5 Å². The fourth-order valence-electron chi connectivity index (χ4n) is 2.61. The monoisotopic (exact) mass is 465 g/mol. The van der Waals surface area contributed by atoms with Crippen LogP contribution in [0.3, 0.4) is 0 Å². The number of methoxy groups -OCH3 is 1. The van der Waals surface area contributed by atoms with E-state index in [2.05, 4.69) is 25.3 Å². The molecule has 9 heteroatoms. The molecule has 1 aromatic heterocycles. The summed E-state index contributed by atoms with van der Waals surface area (Å²) in [6, 6.07) is 0. The number of guanidine groups is 1. The number of esters is 1. The normalized spacial score (nSPS) is 16.4. The maximum atomic E-state index is 11.6. The molecule has 1 N–H and O–H groups in total. The van der Waals surface area contributed by atoms with Crippen LogP contribution in [0.15, 0.2) is 9.52 Å². The van der Waals surface area contributed by atoms with Gasteiger partial charge in [0.05, 0.1) is 19.6 Å². The molecule has 0 spiro atoms. The molecule has 0 bridgehead atoms. The molecule has 1 aliphatic rings. The number of aromatic nitrogens is 2. The molecule has 1 saturated heterocycles. The van der Waals surface area contributed by atoms with Gasteiger partial charge in [0.25, 0.3) is 0 Å². The lowest BCUT2D eigenvalue weighted by Crippen LogP contribution is -2.46. The molecule has 1 aromatic rings. The van der Waals surface area contributed by atoms with Crippen molar-refractivity contribution in [3.05, 3.63) is 11.7 Å². The third-order valence-corrected chi connectivity index (χ3v) is 4.06. The summed E-state index contributed by atoms with van der Waals surface area (Å²) in [5.74, 6) is 1.86. The first kappa shape index (κ1) is 21.7. The Morgan fingerprint density at radius 3 is 2.52 bits per heavy atom. The average Bonchev–Trinajstić information content (AvgIpc) is 3.04. The lowest BCUT2D eigenvalue weighted by Gasteiger charge is -2.32. The van der Waals surface area contributed by atoms with Crippen LogP contribution in [0.25, 0.3) is 0 Å². The number of rotatable bonds is 3. The molecular weight excluding hydrogens is 437 g/mol. The fraction of sp³-hybridized carbons (Fsp3) is 0.750. The fourth-order valence-corrected chi connectivity index (χ4v) is 2.61. The molecule has 0 aliphatic carbocycles. The van der Waals surface area contributed by atoms with Crippen LogP contribution in [-0.4, -0.2) is 54.2 Å². The predicted molar refractivity (Wildman–Crippen MR) is 105 cm³/mol. The predicted octanol–water partition coefficient (Wildman–Crippen LogP) is 1.95. The quantitative estimate of drug-likeness (QED) is 0.316. The number of hydrogen-bond acceptors (Lipinski definition) is 6. The molecule has 2 rings (SSSR count). The largest absolute Gasteiger partial charge is 0.469 e. The lowest BCUT2D eigenvalue weighted by molar-refractivity contribution is -0.146. The number of nitrogens with zero attached hydrogens (tertiary/aromatic N) is 4. The molecule has 0 radical (unpaired) electrons. The van der Waals surface area contributed by atoms with E-state index in [1.807, 2.05) is 20.8 Å². The van der Waals surface area contributed by atoms with Gasteiger partial charge in [-0.25, -0.2) is 0 Å². The molecule has 142 valence electrons. The highest BCUT2D eigenvalue weighted by Gasteiger charge is 2.27. The Morgan fingerprint density at radius 2 is 2.04 bits per heavy atom. The van der Waals surface area contributed by atoms with Crippen LogP contribution in [0, 0.1) is 5.92 Å². The molecule has 25 heavy (non-hydrogen) atoms. The van der Waals surface area contributed by atoms with Crippen LogP contribution < -0.4 is 5.32 Å². The van der Waals surface area contributed by atoms with Crippen molar-refractivity contribution in [3.63, 3.8) is 0 Å². The standard InChI is InChI=1S/C16H27N5O3.HI/c1-16(2,3)14-19-12(20-24-14)10-18-15(17-4)21-8-6-11(7-9-21)13(22)23-5;/h11H,6-10H2,1-5H3,(H,17,18);1H. The van der Waals surface area contributed by atoms with Crippen molar-refractivity contribution in [3.8, 4) is 0 Å². The van der Waals surface area contributed by atoms with Crippen molar-refractivity contribution in [1.82, 2.24) is 20.4 Å². The van der Waals surface area contributed by atoms with Crippen molar-refractivity contribution < 1.29 is 14.1 Å². The van der Waals surface area contributed by atoms with Crippen molar-refractivity contribution in [1.29, 1.82) is 0 Å². The summed E-state index contributed by atoms with van der Waals surface area (Å²) in [7, 11) is 3.18. The Bertz CT molecular complexity index is 589. The molecule has 0 amide bonds. The molecule has 1 aliphatic heterocycles. The second-order valence-electron chi connectivity index (χ2n) is 6.95. The van der Waals surface area contributed by atoms with Gasteiger partial charge >= 0.3 is 5.97 Å². The number of aliphatic imine (C=N–C) groups is 1. The van der Waals surface area contributed by atoms with Crippen LogP contribution in [0.4, 0.5) is 0 Å². The Labute approximate surface area is 165 Å². The van der Waals surface area contributed by atoms with Gasteiger partial charge in [-0.15, -0.1) is 24.0 Å². The highest BCUT2D eigenvalue weighted by molar-refractivity contribution is 14.0. The van der Waals surface area contributed by atoms with Gasteiger partial charge in [-0.2, -0.15) is 4.98 Å². The minimum Gasteiger partial charge on any atom is -0.469 e. The second-order valence-corrected chi connectivity index (χ2v) is 6.95. The summed E-state index contributed by atoms with van der Waals surface area (Å²) in [6.07, 6.45) is 1.54. The number of hydrogen-bond donors (Lipinski definition) is 1. The van der Waals surface area contributed by atoms with Gasteiger partial charge in [0.15, 0.2) is 11.8 Å². The average molecular weight is 465 g/mol. The summed E-state index contributed by atoms with van der Waals surface area (Å²) >= 11 is 0. The first-order valence-electron chi connectivity index (χ1n) is 8.21. The molecule has 2 heterocycles. The third kappa shape index (κ3) is 5.82. The minimum atomic E-state index is -0.164. The Morgan fingerprint density at radius 1 is 1.40 bits per heavy atom.